The molecule has 354 valence electrons. The maximum Gasteiger partial charge on any atom is 0.249 e. The van der Waals surface area contributed by atoms with E-state index in [9.17, 15) is 20.1 Å². The Morgan fingerprint density at radius 2 is 0.542 bits per heavy atom. The van der Waals surface area contributed by atoms with E-state index in [0.717, 1.165) is 32.1 Å². The predicted molar refractivity (Wildman–Crippen MR) is 259 cm³/mol. The van der Waals surface area contributed by atoms with Gasteiger partial charge in [0.05, 0.1) is 18.8 Å². The first-order valence-corrected chi connectivity index (χ1v) is 27.3. The number of unbranched alkanes of at least 4 members (excludes halogenated alkanes) is 43. The van der Waals surface area contributed by atoms with E-state index in [1.807, 2.05) is 0 Å². The molecular formula is C54H109NO4. The highest BCUT2D eigenvalue weighted by Crippen LogP contribution is 2.18. The lowest BCUT2D eigenvalue weighted by Crippen LogP contribution is -2.49. The Hall–Kier alpha value is -0.650. The van der Waals surface area contributed by atoms with Gasteiger partial charge < -0.3 is 20.6 Å². The number of hydrogen-bond acceptors (Lipinski definition) is 4. The molecular weight excluding hydrogens is 727 g/mol. The number of aliphatic hydroxyl groups is 3. The minimum Gasteiger partial charge on any atom is -0.394 e. The monoisotopic (exact) mass is 836 g/mol. The molecule has 0 aromatic rings. The van der Waals surface area contributed by atoms with Gasteiger partial charge in [0.1, 0.15) is 6.10 Å². The molecule has 0 saturated carbocycles. The van der Waals surface area contributed by atoms with Crippen molar-refractivity contribution < 1.29 is 20.1 Å². The van der Waals surface area contributed by atoms with Crippen LogP contribution in [0.4, 0.5) is 0 Å². The summed E-state index contributed by atoms with van der Waals surface area (Å²) in [6.07, 6.45) is 60.0. The van der Waals surface area contributed by atoms with E-state index in [1.165, 1.54) is 257 Å². The Morgan fingerprint density at radius 1 is 0.339 bits per heavy atom. The molecule has 0 aliphatic rings. The molecule has 3 atom stereocenters. The highest BCUT2D eigenvalue weighted by molar-refractivity contribution is 5.80. The van der Waals surface area contributed by atoms with Crippen LogP contribution in [-0.2, 0) is 4.79 Å². The predicted octanol–water partition coefficient (Wildman–Crippen LogP) is 16.6. The minimum absolute atomic E-state index is 0.307. The summed E-state index contributed by atoms with van der Waals surface area (Å²) in [4.78, 5) is 12.6. The van der Waals surface area contributed by atoms with E-state index in [0.29, 0.717) is 12.8 Å². The first kappa shape index (κ1) is 58.4. The summed E-state index contributed by atoms with van der Waals surface area (Å²) in [5, 5.41) is 33.5. The highest BCUT2D eigenvalue weighted by Gasteiger charge is 2.23. The van der Waals surface area contributed by atoms with Crippen LogP contribution >= 0.6 is 0 Å². The van der Waals surface area contributed by atoms with Crippen LogP contribution in [0, 0.1) is 0 Å². The van der Waals surface area contributed by atoms with Gasteiger partial charge >= 0.3 is 0 Å². The zero-order chi connectivity index (χ0) is 43.0. The van der Waals surface area contributed by atoms with Crippen molar-refractivity contribution >= 4 is 5.91 Å². The van der Waals surface area contributed by atoms with Crippen molar-refractivity contribution in [2.75, 3.05) is 6.61 Å². The van der Waals surface area contributed by atoms with Crippen LogP contribution < -0.4 is 5.32 Å². The quantitative estimate of drug-likeness (QED) is 0.0460. The molecule has 0 radical (unpaired) electrons. The summed E-state index contributed by atoms with van der Waals surface area (Å²) in [7, 11) is 0. The van der Waals surface area contributed by atoms with Crippen molar-refractivity contribution in [3.8, 4) is 0 Å². The molecule has 1 amide bonds. The zero-order valence-electron chi connectivity index (χ0n) is 40.4. The molecule has 0 rings (SSSR count). The van der Waals surface area contributed by atoms with Crippen molar-refractivity contribution in [1.29, 1.82) is 0 Å². The summed E-state index contributed by atoms with van der Waals surface area (Å²) in [6.45, 7) is 4.28. The second-order valence-electron chi connectivity index (χ2n) is 19.2. The molecule has 0 fully saturated rings. The number of nitrogens with one attached hydrogen (secondary N) is 1. The maximum atomic E-state index is 12.6. The molecule has 0 spiro atoms. The van der Waals surface area contributed by atoms with Gasteiger partial charge in [0.2, 0.25) is 5.91 Å². The van der Waals surface area contributed by atoms with Gasteiger partial charge in [-0.15, -0.1) is 0 Å². The summed E-state index contributed by atoms with van der Waals surface area (Å²) in [5.74, 6) is -0.462. The number of rotatable bonds is 51. The topological polar surface area (TPSA) is 89.8 Å². The Morgan fingerprint density at radius 3 is 0.763 bits per heavy atom. The van der Waals surface area contributed by atoms with Gasteiger partial charge in [0.25, 0.3) is 0 Å². The van der Waals surface area contributed by atoms with Gasteiger partial charge in [-0.25, -0.2) is 0 Å². The van der Waals surface area contributed by atoms with Gasteiger partial charge in [-0.2, -0.15) is 0 Å². The largest absolute Gasteiger partial charge is 0.394 e. The van der Waals surface area contributed by atoms with E-state index >= 15 is 0 Å². The van der Waals surface area contributed by atoms with Gasteiger partial charge in [-0.3, -0.25) is 4.79 Å². The van der Waals surface area contributed by atoms with E-state index < -0.39 is 24.2 Å². The van der Waals surface area contributed by atoms with Crippen LogP contribution in [0.2, 0.25) is 0 Å². The molecule has 0 aliphatic heterocycles. The number of carbonyl (C=O) groups is 1. The Kier molecular flexibility index (Phi) is 49.4. The average molecular weight is 836 g/mol. The van der Waals surface area contributed by atoms with E-state index in [2.05, 4.69) is 19.2 Å². The highest BCUT2D eigenvalue weighted by atomic mass is 16.3. The van der Waals surface area contributed by atoms with Crippen LogP contribution in [0.3, 0.4) is 0 Å². The van der Waals surface area contributed by atoms with Gasteiger partial charge in [-0.1, -0.05) is 303 Å². The molecule has 0 aliphatic carbocycles. The SMILES string of the molecule is CCCCCCCCCCCCCCCCCCCCCCCCCC(O)C(=O)NC(CO)C(O)CCCCCCCCCCCCCCCCCCCCCCCC. The first-order valence-electron chi connectivity index (χ1n) is 27.3. The van der Waals surface area contributed by atoms with Crippen LogP contribution in [0.25, 0.3) is 0 Å². The normalized spacial score (nSPS) is 13.2. The van der Waals surface area contributed by atoms with E-state index in [-0.39, 0.29) is 6.61 Å². The molecule has 0 aromatic heterocycles. The fourth-order valence-corrected chi connectivity index (χ4v) is 8.96. The van der Waals surface area contributed by atoms with E-state index in [1.54, 1.807) is 0 Å². The van der Waals surface area contributed by atoms with Crippen LogP contribution in [0.1, 0.15) is 316 Å². The van der Waals surface area contributed by atoms with Crippen molar-refractivity contribution in [2.24, 2.45) is 0 Å². The molecule has 3 unspecified atom stereocenters. The molecule has 0 saturated heterocycles. The minimum atomic E-state index is -1.07. The maximum absolute atomic E-state index is 12.6. The van der Waals surface area contributed by atoms with Crippen molar-refractivity contribution in [1.82, 2.24) is 5.32 Å². The number of aliphatic hydroxyl groups excluding tert-OH is 3. The summed E-state index contributed by atoms with van der Waals surface area (Å²) >= 11 is 0. The standard InChI is InChI=1S/C54H109NO4/c1-3-5-7-9-11-13-15-17-19-21-23-25-27-29-31-33-35-37-39-41-43-45-47-49-53(58)54(59)55-51(50-56)52(57)48-46-44-42-40-38-36-34-32-30-28-26-24-22-20-18-16-14-12-10-8-6-4-2/h51-53,56-58H,3-50H2,1-2H3,(H,55,59). The molecule has 5 heteroatoms. The van der Waals surface area contributed by atoms with E-state index in [4.69, 9.17) is 0 Å². The second kappa shape index (κ2) is 50.0. The summed E-state index contributed by atoms with van der Waals surface area (Å²) < 4.78 is 0. The van der Waals surface area contributed by atoms with Crippen LogP contribution in [0.5, 0.6) is 0 Å². The lowest BCUT2D eigenvalue weighted by atomic mass is 10.0. The van der Waals surface area contributed by atoms with Crippen molar-refractivity contribution in [2.45, 2.75) is 334 Å². The summed E-state index contributed by atoms with van der Waals surface area (Å²) in [5.41, 5.74) is 0. The summed E-state index contributed by atoms with van der Waals surface area (Å²) in [6, 6.07) is -0.707. The molecule has 0 heterocycles. The number of hydrogen-bond donors (Lipinski definition) is 4. The fraction of sp³-hybridized carbons (Fsp3) is 0.981. The lowest BCUT2D eigenvalue weighted by Gasteiger charge is -2.23. The lowest BCUT2D eigenvalue weighted by molar-refractivity contribution is -0.131. The third kappa shape index (κ3) is 45.2. The Bertz CT molecular complexity index is 792. The van der Waals surface area contributed by atoms with Crippen LogP contribution in [-0.4, -0.2) is 46.1 Å². The average Bonchev–Trinajstić information content (AvgIpc) is 3.24. The van der Waals surface area contributed by atoms with Gasteiger partial charge in [-0.05, 0) is 12.8 Å². The fourth-order valence-electron chi connectivity index (χ4n) is 8.96. The van der Waals surface area contributed by atoms with Crippen LogP contribution in [0.15, 0.2) is 0 Å². The molecule has 59 heavy (non-hydrogen) atoms. The Balaban J connectivity index is 3.50. The Labute approximate surface area is 370 Å². The van der Waals surface area contributed by atoms with Crippen molar-refractivity contribution in [3.05, 3.63) is 0 Å². The smallest absolute Gasteiger partial charge is 0.249 e. The zero-order valence-corrected chi connectivity index (χ0v) is 40.4. The number of carbonyl (C=O) groups excluding carboxylic acids is 1. The molecule has 4 N–H and O–H groups in total. The molecule has 5 nitrogen and oxygen atoms in total. The third-order valence-corrected chi connectivity index (χ3v) is 13.2. The van der Waals surface area contributed by atoms with Crippen molar-refractivity contribution in [3.63, 3.8) is 0 Å². The van der Waals surface area contributed by atoms with Gasteiger partial charge in [0.15, 0.2) is 0 Å². The molecule has 0 aromatic carbocycles. The third-order valence-electron chi connectivity index (χ3n) is 13.2. The molecule has 0 bridgehead atoms. The second-order valence-corrected chi connectivity index (χ2v) is 19.2. The number of amides is 1. The van der Waals surface area contributed by atoms with Gasteiger partial charge in [0, 0.05) is 0 Å². The first-order chi connectivity index (χ1) is 29.1.